The summed E-state index contributed by atoms with van der Waals surface area (Å²) in [6.07, 6.45) is 7.02. The third-order valence-corrected chi connectivity index (χ3v) is 5.64. The third-order valence-electron chi connectivity index (χ3n) is 5.64. The van der Waals surface area contributed by atoms with Gasteiger partial charge >= 0.3 is 0 Å². The van der Waals surface area contributed by atoms with Crippen molar-refractivity contribution in [2.75, 3.05) is 0 Å². The second-order valence-electron chi connectivity index (χ2n) is 6.98. The van der Waals surface area contributed by atoms with Gasteiger partial charge in [-0.05, 0) is 30.9 Å². The van der Waals surface area contributed by atoms with Gasteiger partial charge < -0.3 is 9.47 Å². The molecule has 1 aromatic carbocycles. The smallest absolute Gasteiger partial charge is 0.269 e. The van der Waals surface area contributed by atoms with Crippen LogP contribution in [0.15, 0.2) is 24.3 Å². The quantitative estimate of drug-likeness (QED) is 0.561. The van der Waals surface area contributed by atoms with Crippen LogP contribution in [0, 0.1) is 22.0 Å². The van der Waals surface area contributed by atoms with E-state index in [0.717, 1.165) is 24.8 Å². The topological polar surface area (TPSA) is 61.6 Å². The van der Waals surface area contributed by atoms with Crippen molar-refractivity contribution in [1.82, 2.24) is 0 Å². The Morgan fingerprint density at radius 1 is 1.12 bits per heavy atom. The molecule has 0 aromatic heterocycles. The molecular weight excluding hydrogens is 306 g/mol. The first-order chi connectivity index (χ1) is 11.6. The van der Waals surface area contributed by atoms with Crippen LogP contribution in [0.3, 0.4) is 0 Å². The van der Waals surface area contributed by atoms with E-state index >= 15 is 0 Å². The molecule has 1 aromatic rings. The lowest BCUT2D eigenvalue weighted by Gasteiger charge is -2.47. The number of benzene rings is 1. The van der Waals surface area contributed by atoms with Gasteiger partial charge in [-0.3, -0.25) is 10.1 Å². The number of nitro groups is 1. The summed E-state index contributed by atoms with van der Waals surface area (Å²) in [5, 5.41) is 10.8. The number of hydrogen-bond donors (Lipinski definition) is 0. The maximum absolute atomic E-state index is 10.8. The number of rotatable bonds is 5. The van der Waals surface area contributed by atoms with E-state index in [-0.39, 0.29) is 22.8 Å². The summed E-state index contributed by atoms with van der Waals surface area (Å²) in [4.78, 5) is 10.5. The van der Waals surface area contributed by atoms with Gasteiger partial charge in [0.15, 0.2) is 6.29 Å². The van der Waals surface area contributed by atoms with Crippen LogP contribution < -0.4 is 0 Å². The Kier molecular flexibility index (Phi) is 5.51. The van der Waals surface area contributed by atoms with E-state index in [0.29, 0.717) is 11.8 Å². The number of non-ortho nitro benzene ring substituents is 1. The van der Waals surface area contributed by atoms with Crippen molar-refractivity contribution in [2.24, 2.45) is 11.8 Å². The van der Waals surface area contributed by atoms with Gasteiger partial charge in [-0.25, -0.2) is 0 Å². The Morgan fingerprint density at radius 3 is 2.42 bits per heavy atom. The number of fused-ring (bicyclic) bond motifs is 1. The van der Waals surface area contributed by atoms with E-state index in [2.05, 4.69) is 13.8 Å². The highest BCUT2D eigenvalue weighted by atomic mass is 16.7. The molecule has 1 saturated heterocycles. The Balaban J connectivity index is 1.82. The fourth-order valence-corrected chi connectivity index (χ4v) is 4.23. The highest BCUT2D eigenvalue weighted by molar-refractivity contribution is 5.33. The van der Waals surface area contributed by atoms with Gasteiger partial charge in [0.2, 0.25) is 0 Å². The first kappa shape index (κ1) is 17.4. The van der Waals surface area contributed by atoms with Gasteiger partial charge in [-0.15, -0.1) is 0 Å². The number of nitrogens with zero attached hydrogens (tertiary/aromatic N) is 1. The SMILES string of the molecule is CCC(CC)C1OC(c2ccc([N+](=O)[O-])cc2)OC2CCCCC21. The van der Waals surface area contributed by atoms with Crippen molar-refractivity contribution in [3.8, 4) is 0 Å². The molecule has 0 spiro atoms. The van der Waals surface area contributed by atoms with Crippen LogP contribution in [0.2, 0.25) is 0 Å². The molecule has 5 nitrogen and oxygen atoms in total. The predicted octanol–water partition coefficient (Wildman–Crippen LogP) is 5.00. The Bertz CT molecular complexity index is 555. The summed E-state index contributed by atoms with van der Waals surface area (Å²) >= 11 is 0. The molecule has 1 heterocycles. The van der Waals surface area contributed by atoms with E-state index in [1.807, 2.05) is 0 Å². The van der Waals surface area contributed by atoms with Crippen molar-refractivity contribution in [2.45, 2.75) is 70.9 Å². The lowest BCUT2D eigenvalue weighted by atomic mass is 9.76. The van der Waals surface area contributed by atoms with Crippen molar-refractivity contribution in [1.29, 1.82) is 0 Å². The Labute approximate surface area is 143 Å². The van der Waals surface area contributed by atoms with Crippen molar-refractivity contribution >= 4 is 5.69 Å². The first-order valence-electron chi connectivity index (χ1n) is 9.19. The highest BCUT2D eigenvalue weighted by Gasteiger charge is 2.43. The van der Waals surface area contributed by atoms with Gasteiger partial charge in [-0.1, -0.05) is 39.5 Å². The molecule has 2 aliphatic rings. The monoisotopic (exact) mass is 333 g/mol. The summed E-state index contributed by atoms with van der Waals surface area (Å²) in [6.45, 7) is 4.46. The zero-order valence-electron chi connectivity index (χ0n) is 14.5. The number of ether oxygens (including phenoxy) is 2. The number of hydrogen-bond acceptors (Lipinski definition) is 4. The highest BCUT2D eigenvalue weighted by Crippen LogP contribution is 2.44. The minimum Gasteiger partial charge on any atom is -0.345 e. The van der Waals surface area contributed by atoms with Gasteiger partial charge in [-0.2, -0.15) is 0 Å². The minimum atomic E-state index is -0.407. The minimum absolute atomic E-state index is 0.0987. The molecule has 1 aliphatic carbocycles. The van der Waals surface area contributed by atoms with Crippen LogP contribution >= 0.6 is 0 Å². The summed E-state index contributed by atoms with van der Waals surface area (Å²) in [7, 11) is 0. The molecule has 4 unspecified atom stereocenters. The van der Waals surface area contributed by atoms with Crippen LogP contribution in [0.5, 0.6) is 0 Å². The van der Waals surface area contributed by atoms with Gasteiger partial charge in [0.25, 0.3) is 5.69 Å². The zero-order valence-corrected chi connectivity index (χ0v) is 14.5. The normalized spacial score (nSPS) is 30.1. The Hall–Kier alpha value is -1.46. The summed E-state index contributed by atoms with van der Waals surface area (Å²) < 4.78 is 12.6. The molecule has 0 radical (unpaired) electrons. The zero-order chi connectivity index (χ0) is 17.1. The Morgan fingerprint density at radius 2 is 1.79 bits per heavy atom. The van der Waals surface area contributed by atoms with E-state index in [1.54, 1.807) is 12.1 Å². The second-order valence-corrected chi connectivity index (χ2v) is 6.98. The summed E-state index contributed by atoms with van der Waals surface area (Å²) in [6, 6.07) is 6.58. The molecule has 3 rings (SSSR count). The lowest BCUT2D eigenvalue weighted by Crippen LogP contribution is -2.47. The van der Waals surface area contributed by atoms with Crippen LogP contribution in [0.1, 0.15) is 64.2 Å². The summed E-state index contributed by atoms with van der Waals surface area (Å²) in [5.41, 5.74) is 0.974. The van der Waals surface area contributed by atoms with Crippen molar-refractivity contribution in [3.63, 3.8) is 0 Å². The lowest BCUT2D eigenvalue weighted by molar-refractivity contribution is -0.384. The van der Waals surface area contributed by atoms with Crippen molar-refractivity contribution in [3.05, 3.63) is 39.9 Å². The van der Waals surface area contributed by atoms with Crippen LogP contribution in [-0.4, -0.2) is 17.1 Å². The molecule has 1 saturated carbocycles. The predicted molar refractivity (Wildman–Crippen MR) is 91.6 cm³/mol. The molecule has 2 fully saturated rings. The maximum Gasteiger partial charge on any atom is 0.269 e. The largest absolute Gasteiger partial charge is 0.345 e. The molecule has 4 atom stereocenters. The molecule has 0 amide bonds. The van der Waals surface area contributed by atoms with E-state index in [9.17, 15) is 10.1 Å². The van der Waals surface area contributed by atoms with E-state index in [1.165, 1.54) is 31.4 Å². The fourth-order valence-electron chi connectivity index (χ4n) is 4.23. The fraction of sp³-hybridized carbons (Fsp3) is 0.684. The molecule has 5 heteroatoms. The van der Waals surface area contributed by atoms with E-state index in [4.69, 9.17) is 9.47 Å². The van der Waals surface area contributed by atoms with Crippen molar-refractivity contribution < 1.29 is 14.4 Å². The standard InChI is InChI=1S/C19H27NO4/c1-3-13(4-2)18-16-7-5-6-8-17(16)23-19(24-18)14-9-11-15(12-10-14)20(21)22/h9-13,16-19H,3-8H2,1-2H3. The third kappa shape index (κ3) is 3.47. The molecule has 132 valence electrons. The molecule has 24 heavy (non-hydrogen) atoms. The molecule has 0 N–H and O–H groups in total. The molecular formula is C19H27NO4. The first-order valence-corrected chi connectivity index (χ1v) is 9.19. The van der Waals surface area contributed by atoms with Gasteiger partial charge in [0, 0.05) is 23.6 Å². The molecule has 1 aliphatic heterocycles. The van der Waals surface area contributed by atoms with Crippen LogP contribution in [0.25, 0.3) is 0 Å². The summed E-state index contributed by atoms with van der Waals surface area (Å²) in [5.74, 6) is 1.03. The van der Waals surface area contributed by atoms with E-state index < -0.39 is 6.29 Å². The average Bonchev–Trinajstić information content (AvgIpc) is 2.62. The molecule has 0 bridgehead atoms. The second kappa shape index (κ2) is 7.62. The maximum atomic E-state index is 10.8. The van der Waals surface area contributed by atoms with Gasteiger partial charge in [0.05, 0.1) is 17.1 Å². The van der Waals surface area contributed by atoms with Crippen LogP contribution in [0.4, 0.5) is 5.69 Å². The number of nitro benzene ring substituents is 1. The van der Waals surface area contributed by atoms with Gasteiger partial charge in [0.1, 0.15) is 0 Å². The average molecular weight is 333 g/mol. The van der Waals surface area contributed by atoms with Crippen LogP contribution in [-0.2, 0) is 9.47 Å².